The van der Waals surface area contributed by atoms with Crippen molar-refractivity contribution in [2.24, 2.45) is 0 Å². The average molecular weight is 256 g/mol. The summed E-state index contributed by atoms with van der Waals surface area (Å²) >= 11 is 3.22. The molecule has 1 heterocycles. The monoisotopic (exact) mass is 256 g/mol. The molecule has 0 bridgehead atoms. The van der Waals surface area contributed by atoms with Gasteiger partial charge in [-0.15, -0.1) is 23.5 Å². The molecule has 0 radical (unpaired) electrons. The fraction of sp³-hybridized carbons (Fsp3) is 0.417. The first-order valence-corrected chi connectivity index (χ1v) is 7.15. The molecule has 16 heavy (non-hydrogen) atoms. The van der Waals surface area contributed by atoms with E-state index in [2.05, 4.69) is 0 Å². The molecule has 1 aliphatic rings. The Morgan fingerprint density at radius 2 is 2.00 bits per heavy atom. The Balaban J connectivity index is 2.42. The quantitative estimate of drug-likeness (QED) is 0.755. The van der Waals surface area contributed by atoms with E-state index in [0.29, 0.717) is 0 Å². The fourth-order valence-electron chi connectivity index (χ4n) is 1.79. The maximum Gasteiger partial charge on any atom is 0.150 e. The molecule has 0 atom stereocenters. The smallest absolute Gasteiger partial charge is 0.150 e. The van der Waals surface area contributed by atoms with Gasteiger partial charge in [-0.25, -0.2) is 4.39 Å². The van der Waals surface area contributed by atoms with Gasteiger partial charge >= 0.3 is 0 Å². The van der Waals surface area contributed by atoms with E-state index in [0.717, 1.165) is 35.3 Å². The minimum absolute atomic E-state index is 0.261. The van der Waals surface area contributed by atoms with Gasteiger partial charge in [0.05, 0.1) is 0 Å². The molecule has 1 aromatic rings. The van der Waals surface area contributed by atoms with Gasteiger partial charge < -0.3 is 4.79 Å². The molecule has 86 valence electrons. The van der Waals surface area contributed by atoms with Crippen LogP contribution in [0.5, 0.6) is 0 Å². The van der Waals surface area contributed by atoms with Gasteiger partial charge in [0.1, 0.15) is 9.90 Å². The minimum Gasteiger partial charge on any atom is -0.300 e. The van der Waals surface area contributed by atoms with Gasteiger partial charge in [0, 0.05) is 0 Å². The minimum atomic E-state index is -0.592. The van der Waals surface area contributed by atoms with Crippen LogP contribution < -0.4 is 0 Å². The summed E-state index contributed by atoms with van der Waals surface area (Å²) in [6.45, 7) is 1.85. The highest BCUT2D eigenvalue weighted by atomic mass is 32.2. The third kappa shape index (κ3) is 2.28. The fourth-order valence-corrected chi connectivity index (χ4v) is 4.69. The second-order valence-electron chi connectivity index (χ2n) is 3.85. The molecule has 1 saturated heterocycles. The molecule has 1 aliphatic heterocycles. The first kappa shape index (κ1) is 12.0. The lowest BCUT2D eigenvalue weighted by Gasteiger charge is -2.31. The third-order valence-corrected chi connectivity index (χ3v) is 5.74. The van der Waals surface area contributed by atoms with Crippen LogP contribution in [0.15, 0.2) is 18.2 Å². The Hall–Kier alpha value is -0.480. The highest BCUT2D eigenvalue weighted by Gasteiger charge is 2.35. The number of benzene rings is 1. The first-order chi connectivity index (χ1) is 7.66. The number of carbonyl (C=O) groups is 1. The highest BCUT2D eigenvalue weighted by Crippen LogP contribution is 2.48. The number of aldehydes is 1. The van der Waals surface area contributed by atoms with Crippen LogP contribution in [0.1, 0.15) is 17.5 Å². The van der Waals surface area contributed by atoms with E-state index in [-0.39, 0.29) is 5.82 Å². The van der Waals surface area contributed by atoms with Crippen molar-refractivity contribution in [2.75, 3.05) is 11.5 Å². The van der Waals surface area contributed by atoms with Crippen LogP contribution in [0, 0.1) is 12.7 Å². The summed E-state index contributed by atoms with van der Waals surface area (Å²) in [6.07, 6.45) is 2.06. The summed E-state index contributed by atoms with van der Waals surface area (Å²) in [5, 5.41) is 0. The molecular weight excluding hydrogens is 243 g/mol. The van der Waals surface area contributed by atoms with Crippen molar-refractivity contribution in [3.05, 3.63) is 35.1 Å². The van der Waals surface area contributed by atoms with E-state index in [9.17, 15) is 9.18 Å². The summed E-state index contributed by atoms with van der Waals surface area (Å²) in [5.74, 6) is 1.66. The summed E-state index contributed by atoms with van der Waals surface area (Å²) in [7, 11) is 0. The molecular formula is C12H13FOS2. The van der Waals surface area contributed by atoms with E-state index >= 15 is 0 Å². The lowest BCUT2D eigenvalue weighted by molar-refractivity contribution is -0.108. The molecule has 0 aromatic heterocycles. The average Bonchev–Trinajstić information content (AvgIpc) is 2.28. The van der Waals surface area contributed by atoms with Gasteiger partial charge in [0.25, 0.3) is 0 Å². The van der Waals surface area contributed by atoms with Gasteiger partial charge in [-0.05, 0) is 48.1 Å². The molecule has 1 fully saturated rings. The molecule has 2 rings (SSSR count). The number of rotatable bonds is 2. The molecule has 1 aromatic carbocycles. The van der Waals surface area contributed by atoms with Crippen molar-refractivity contribution < 1.29 is 9.18 Å². The molecule has 0 N–H and O–H groups in total. The Kier molecular flexibility index (Phi) is 3.60. The van der Waals surface area contributed by atoms with E-state index in [1.165, 1.54) is 12.1 Å². The second kappa shape index (κ2) is 4.80. The molecule has 0 saturated carbocycles. The van der Waals surface area contributed by atoms with E-state index < -0.39 is 4.08 Å². The predicted molar refractivity (Wildman–Crippen MR) is 68.4 cm³/mol. The second-order valence-corrected chi connectivity index (χ2v) is 6.79. The van der Waals surface area contributed by atoms with Crippen LogP contribution >= 0.6 is 23.5 Å². The Morgan fingerprint density at radius 1 is 1.31 bits per heavy atom. The molecule has 1 nitrogen and oxygen atoms in total. The largest absolute Gasteiger partial charge is 0.300 e. The lowest BCUT2D eigenvalue weighted by atomic mass is 10.1. The van der Waals surface area contributed by atoms with Crippen LogP contribution in [0.4, 0.5) is 4.39 Å². The van der Waals surface area contributed by atoms with Crippen LogP contribution in [0.2, 0.25) is 0 Å². The Bertz CT molecular complexity index is 380. The first-order valence-electron chi connectivity index (χ1n) is 5.18. The van der Waals surface area contributed by atoms with E-state index in [1.807, 2.05) is 13.0 Å². The maximum absolute atomic E-state index is 13.4. The number of carbonyl (C=O) groups excluding carboxylic acids is 1. The van der Waals surface area contributed by atoms with Crippen molar-refractivity contribution in [2.45, 2.75) is 17.4 Å². The summed E-state index contributed by atoms with van der Waals surface area (Å²) < 4.78 is 12.8. The third-order valence-electron chi connectivity index (χ3n) is 2.52. The SMILES string of the molecule is Cc1cc(F)cc(C2(C=O)SCCCS2)c1. The number of hydrogen-bond donors (Lipinski definition) is 0. The van der Waals surface area contributed by atoms with Crippen LogP contribution in [0.25, 0.3) is 0 Å². The topological polar surface area (TPSA) is 17.1 Å². The zero-order valence-electron chi connectivity index (χ0n) is 9.03. The van der Waals surface area contributed by atoms with Crippen molar-refractivity contribution in [3.8, 4) is 0 Å². The Morgan fingerprint density at radius 3 is 2.56 bits per heavy atom. The van der Waals surface area contributed by atoms with Crippen molar-refractivity contribution in [3.63, 3.8) is 0 Å². The van der Waals surface area contributed by atoms with E-state index in [4.69, 9.17) is 0 Å². The molecule has 0 unspecified atom stereocenters. The summed E-state index contributed by atoms with van der Waals surface area (Å²) in [6, 6.07) is 4.87. The van der Waals surface area contributed by atoms with Gasteiger partial charge in [-0.1, -0.05) is 6.07 Å². The number of halogens is 1. The molecule has 0 aliphatic carbocycles. The van der Waals surface area contributed by atoms with Crippen molar-refractivity contribution in [1.82, 2.24) is 0 Å². The zero-order chi connectivity index (χ0) is 11.6. The zero-order valence-corrected chi connectivity index (χ0v) is 10.7. The predicted octanol–water partition coefficient (Wildman–Crippen LogP) is 3.36. The summed E-state index contributed by atoms with van der Waals surface area (Å²) in [4.78, 5) is 11.3. The van der Waals surface area contributed by atoms with Crippen LogP contribution in [-0.4, -0.2) is 17.8 Å². The van der Waals surface area contributed by atoms with Crippen LogP contribution in [0.3, 0.4) is 0 Å². The molecule has 0 spiro atoms. The van der Waals surface area contributed by atoms with Gasteiger partial charge in [-0.3, -0.25) is 0 Å². The highest BCUT2D eigenvalue weighted by molar-refractivity contribution is 8.19. The standard InChI is InChI=1S/C12H13FOS2/c1-9-5-10(7-11(13)6-9)12(8-14)15-3-2-4-16-12/h5-8H,2-4H2,1H3. The summed E-state index contributed by atoms with van der Waals surface area (Å²) in [5.41, 5.74) is 1.65. The van der Waals surface area contributed by atoms with Crippen LogP contribution in [-0.2, 0) is 8.87 Å². The normalized spacial score (nSPS) is 19.4. The van der Waals surface area contributed by atoms with Crippen molar-refractivity contribution in [1.29, 1.82) is 0 Å². The van der Waals surface area contributed by atoms with Gasteiger partial charge in [-0.2, -0.15) is 0 Å². The molecule has 0 amide bonds. The number of thioether (sulfide) groups is 2. The van der Waals surface area contributed by atoms with E-state index in [1.54, 1.807) is 23.5 Å². The lowest BCUT2D eigenvalue weighted by Crippen LogP contribution is -2.24. The van der Waals surface area contributed by atoms with Gasteiger partial charge in [0.2, 0.25) is 0 Å². The molecule has 4 heteroatoms. The number of hydrogen-bond acceptors (Lipinski definition) is 3. The van der Waals surface area contributed by atoms with Crippen molar-refractivity contribution >= 4 is 29.8 Å². The van der Waals surface area contributed by atoms with Gasteiger partial charge in [0.15, 0.2) is 6.29 Å². The number of aryl methyl sites for hydroxylation is 1. The Labute approximate surface area is 103 Å². The maximum atomic E-state index is 13.4.